The molecule has 0 heterocycles. The van der Waals surface area contributed by atoms with Crippen LogP contribution in [0.4, 0.5) is 0 Å². The molecule has 2 rings (SSSR count). The molecule has 1 aromatic rings. The van der Waals surface area contributed by atoms with Crippen molar-refractivity contribution in [1.29, 1.82) is 0 Å². The SMILES string of the molecule is COc1ccc(Cl)cc1C(=O)NC1(CN)CCCC1. The normalized spacial score (nSPS) is 17.2. The van der Waals surface area contributed by atoms with Gasteiger partial charge in [-0.05, 0) is 31.0 Å². The average Bonchev–Trinajstić information content (AvgIpc) is 2.87. The number of benzene rings is 1. The number of methoxy groups -OCH3 is 1. The highest BCUT2D eigenvalue weighted by molar-refractivity contribution is 6.31. The highest BCUT2D eigenvalue weighted by Gasteiger charge is 2.34. The van der Waals surface area contributed by atoms with Crippen LogP contribution >= 0.6 is 11.6 Å². The second kappa shape index (κ2) is 5.80. The highest BCUT2D eigenvalue weighted by atomic mass is 35.5. The van der Waals surface area contributed by atoms with Gasteiger partial charge in [0.1, 0.15) is 5.75 Å². The van der Waals surface area contributed by atoms with Crippen LogP contribution < -0.4 is 15.8 Å². The van der Waals surface area contributed by atoms with Gasteiger partial charge in [0, 0.05) is 11.6 Å². The molecular weight excluding hydrogens is 264 g/mol. The minimum Gasteiger partial charge on any atom is -0.496 e. The van der Waals surface area contributed by atoms with E-state index in [1.54, 1.807) is 18.2 Å². The van der Waals surface area contributed by atoms with E-state index >= 15 is 0 Å². The van der Waals surface area contributed by atoms with Crippen molar-refractivity contribution in [2.75, 3.05) is 13.7 Å². The van der Waals surface area contributed by atoms with Gasteiger partial charge in [-0.25, -0.2) is 0 Å². The monoisotopic (exact) mass is 282 g/mol. The Labute approximate surface area is 118 Å². The van der Waals surface area contributed by atoms with Gasteiger partial charge in [0.2, 0.25) is 0 Å². The maximum absolute atomic E-state index is 12.4. The third kappa shape index (κ3) is 3.01. The van der Waals surface area contributed by atoms with Crippen molar-refractivity contribution in [2.45, 2.75) is 31.2 Å². The molecule has 0 aliphatic heterocycles. The zero-order valence-electron chi connectivity index (χ0n) is 11.0. The Morgan fingerprint density at radius 1 is 1.47 bits per heavy atom. The van der Waals surface area contributed by atoms with Crippen LogP contribution in [-0.2, 0) is 0 Å². The van der Waals surface area contributed by atoms with Crippen LogP contribution in [0.2, 0.25) is 5.02 Å². The lowest BCUT2D eigenvalue weighted by Gasteiger charge is -2.29. The van der Waals surface area contributed by atoms with E-state index in [1.165, 1.54) is 7.11 Å². The molecule has 0 radical (unpaired) electrons. The van der Waals surface area contributed by atoms with Gasteiger partial charge in [0.15, 0.2) is 0 Å². The molecule has 0 atom stereocenters. The molecule has 3 N–H and O–H groups in total. The molecule has 1 aliphatic carbocycles. The molecule has 0 saturated heterocycles. The van der Waals surface area contributed by atoms with Gasteiger partial charge in [-0.3, -0.25) is 4.79 Å². The third-order valence-electron chi connectivity index (χ3n) is 3.74. The highest BCUT2D eigenvalue weighted by Crippen LogP contribution is 2.30. The second-order valence-electron chi connectivity index (χ2n) is 4.99. The summed E-state index contributed by atoms with van der Waals surface area (Å²) in [7, 11) is 1.54. The summed E-state index contributed by atoms with van der Waals surface area (Å²) in [4.78, 5) is 12.4. The molecule has 0 bridgehead atoms. The minimum atomic E-state index is -0.273. The molecule has 0 aromatic heterocycles. The first-order chi connectivity index (χ1) is 9.10. The molecule has 1 amide bonds. The van der Waals surface area contributed by atoms with E-state index in [1.807, 2.05) is 0 Å². The van der Waals surface area contributed by atoms with E-state index in [9.17, 15) is 4.79 Å². The summed E-state index contributed by atoms with van der Waals surface area (Å²) in [6.07, 6.45) is 4.06. The topological polar surface area (TPSA) is 64.3 Å². The van der Waals surface area contributed by atoms with Crippen LogP contribution in [-0.4, -0.2) is 25.1 Å². The number of nitrogens with one attached hydrogen (secondary N) is 1. The van der Waals surface area contributed by atoms with Crippen LogP contribution in [0, 0.1) is 0 Å². The largest absolute Gasteiger partial charge is 0.496 e. The number of rotatable bonds is 4. The molecule has 19 heavy (non-hydrogen) atoms. The lowest BCUT2D eigenvalue weighted by molar-refractivity contribution is 0.0900. The van der Waals surface area contributed by atoms with Gasteiger partial charge in [-0.1, -0.05) is 24.4 Å². The standard InChI is InChI=1S/C14H19ClN2O2/c1-19-12-5-4-10(15)8-11(12)13(18)17-14(9-16)6-2-3-7-14/h4-5,8H,2-3,6-7,9,16H2,1H3,(H,17,18). The van der Waals surface area contributed by atoms with E-state index in [0.717, 1.165) is 25.7 Å². The number of nitrogens with two attached hydrogens (primary N) is 1. The molecule has 0 spiro atoms. The summed E-state index contributed by atoms with van der Waals surface area (Å²) in [5.74, 6) is 0.346. The van der Waals surface area contributed by atoms with Crippen molar-refractivity contribution in [3.63, 3.8) is 0 Å². The summed E-state index contributed by atoms with van der Waals surface area (Å²) >= 11 is 5.94. The number of ether oxygens (including phenoxy) is 1. The second-order valence-corrected chi connectivity index (χ2v) is 5.43. The molecule has 1 aliphatic rings. The molecule has 1 saturated carbocycles. The van der Waals surface area contributed by atoms with E-state index in [2.05, 4.69) is 5.32 Å². The van der Waals surface area contributed by atoms with Gasteiger partial charge in [-0.2, -0.15) is 0 Å². The molecule has 1 aromatic carbocycles. The number of hydrogen-bond acceptors (Lipinski definition) is 3. The maximum atomic E-state index is 12.4. The number of carbonyl (C=O) groups is 1. The average molecular weight is 283 g/mol. The minimum absolute atomic E-state index is 0.174. The van der Waals surface area contributed by atoms with E-state index in [4.69, 9.17) is 22.1 Å². The van der Waals surface area contributed by atoms with Crippen LogP contribution in [0.15, 0.2) is 18.2 Å². The van der Waals surface area contributed by atoms with E-state index < -0.39 is 0 Å². The van der Waals surface area contributed by atoms with E-state index in [0.29, 0.717) is 22.9 Å². The molecule has 5 heteroatoms. The predicted octanol–water partition coefficient (Wildman–Crippen LogP) is 2.35. The lowest BCUT2D eigenvalue weighted by Crippen LogP contribution is -2.51. The van der Waals surface area contributed by atoms with Crippen molar-refractivity contribution in [2.24, 2.45) is 5.73 Å². The fraction of sp³-hybridized carbons (Fsp3) is 0.500. The first kappa shape index (κ1) is 14.2. The number of halogens is 1. The molecule has 104 valence electrons. The van der Waals surface area contributed by atoms with Crippen LogP contribution in [0.25, 0.3) is 0 Å². The predicted molar refractivity (Wildman–Crippen MR) is 75.7 cm³/mol. The van der Waals surface area contributed by atoms with Crippen LogP contribution in [0.3, 0.4) is 0 Å². The first-order valence-electron chi connectivity index (χ1n) is 6.46. The van der Waals surface area contributed by atoms with Crippen molar-refractivity contribution >= 4 is 17.5 Å². The first-order valence-corrected chi connectivity index (χ1v) is 6.84. The number of carbonyl (C=O) groups excluding carboxylic acids is 1. The van der Waals surface area contributed by atoms with Gasteiger partial charge >= 0.3 is 0 Å². The fourth-order valence-corrected chi connectivity index (χ4v) is 2.77. The Hall–Kier alpha value is -1.26. The maximum Gasteiger partial charge on any atom is 0.255 e. The molecular formula is C14H19ClN2O2. The van der Waals surface area contributed by atoms with Gasteiger partial charge in [0.25, 0.3) is 5.91 Å². The van der Waals surface area contributed by atoms with Gasteiger partial charge in [0.05, 0.1) is 18.2 Å². The molecule has 0 unspecified atom stereocenters. The summed E-state index contributed by atoms with van der Waals surface area (Å²) in [5.41, 5.74) is 6.00. The molecule has 4 nitrogen and oxygen atoms in total. The zero-order chi connectivity index (χ0) is 13.9. The van der Waals surface area contributed by atoms with Gasteiger partial charge < -0.3 is 15.8 Å². The van der Waals surface area contributed by atoms with Gasteiger partial charge in [-0.15, -0.1) is 0 Å². The summed E-state index contributed by atoms with van der Waals surface area (Å²) < 4.78 is 5.20. The Bertz CT molecular complexity index is 471. The van der Waals surface area contributed by atoms with Crippen molar-refractivity contribution < 1.29 is 9.53 Å². The van der Waals surface area contributed by atoms with Crippen LogP contribution in [0.1, 0.15) is 36.0 Å². The smallest absolute Gasteiger partial charge is 0.255 e. The fourth-order valence-electron chi connectivity index (χ4n) is 2.60. The quantitative estimate of drug-likeness (QED) is 0.891. The zero-order valence-corrected chi connectivity index (χ0v) is 11.8. The summed E-state index contributed by atoms with van der Waals surface area (Å²) in [5, 5.41) is 3.57. The Morgan fingerprint density at radius 3 is 2.74 bits per heavy atom. The summed E-state index contributed by atoms with van der Waals surface area (Å²) in [6, 6.07) is 5.02. The lowest BCUT2D eigenvalue weighted by atomic mass is 9.97. The number of amides is 1. The van der Waals surface area contributed by atoms with Crippen molar-refractivity contribution in [1.82, 2.24) is 5.32 Å². The Balaban J connectivity index is 2.22. The third-order valence-corrected chi connectivity index (χ3v) is 3.97. The van der Waals surface area contributed by atoms with Crippen molar-refractivity contribution in [3.05, 3.63) is 28.8 Å². The molecule has 1 fully saturated rings. The van der Waals surface area contributed by atoms with E-state index in [-0.39, 0.29) is 11.4 Å². The Morgan fingerprint density at radius 2 is 2.16 bits per heavy atom. The summed E-state index contributed by atoms with van der Waals surface area (Å²) in [6.45, 7) is 0.460. The van der Waals surface area contributed by atoms with Crippen molar-refractivity contribution in [3.8, 4) is 5.75 Å². The Kier molecular flexibility index (Phi) is 4.32. The number of hydrogen-bond donors (Lipinski definition) is 2. The van der Waals surface area contributed by atoms with Crippen LogP contribution in [0.5, 0.6) is 5.75 Å².